The highest BCUT2D eigenvalue weighted by Crippen LogP contribution is 2.26. The van der Waals surface area contributed by atoms with Crippen molar-refractivity contribution < 1.29 is 5.11 Å². The smallest absolute Gasteiger partial charge is 0.116 e. The number of halogens is 1. The normalized spacial score (nSPS) is 11.0. The minimum absolute atomic E-state index is 0.249. The SMILES string of the molecule is NCCc1cn(Cl)c2ccc(O)cc12. The summed E-state index contributed by atoms with van der Waals surface area (Å²) in [6.07, 6.45) is 2.60. The average Bonchev–Trinajstić information content (AvgIpc) is 2.44. The topological polar surface area (TPSA) is 51.2 Å². The molecule has 0 fully saturated rings. The number of nitrogens with two attached hydrogens (primary N) is 1. The van der Waals surface area contributed by atoms with Gasteiger partial charge in [0.15, 0.2) is 0 Å². The molecule has 74 valence electrons. The van der Waals surface area contributed by atoms with Crippen LogP contribution >= 0.6 is 11.8 Å². The van der Waals surface area contributed by atoms with E-state index in [2.05, 4.69) is 0 Å². The second-order valence-corrected chi connectivity index (χ2v) is 3.57. The predicted octanol–water partition coefficient (Wildman–Crippen LogP) is 1.85. The molecule has 3 N–H and O–H groups in total. The average molecular weight is 211 g/mol. The van der Waals surface area contributed by atoms with Crippen molar-refractivity contribution in [2.45, 2.75) is 6.42 Å². The van der Waals surface area contributed by atoms with E-state index in [1.807, 2.05) is 6.20 Å². The lowest BCUT2D eigenvalue weighted by Gasteiger charge is -1.96. The Balaban J connectivity index is 2.66. The molecular formula is C10H11ClN2O. The van der Waals surface area contributed by atoms with Crippen LogP contribution in [0.2, 0.25) is 0 Å². The number of rotatable bonds is 2. The zero-order valence-electron chi connectivity index (χ0n) is 7.57. The molecule has 2 rings (SSSR count). The molecule has 1 aromatic heterocycles. The van der Waals surface area contributed by atoms with Gasteiger partial charge >= 0.3 is 0 Å². The van der Waals surface area contributed by atoms with Crippen LogP contribution in [0.25, 0.3) is 10.9 Å². The van der Waals surface area contributed by atoms with Gasteiger partial charge in [-0.1, -0.05) is 0 Å². The van der Waals surface area contributed by atoms with Crippen molar-refractivity contribution in [1.29, 1.82) is 0 Å². The molecule has 14 heavy (non-hydrogen) atoms. The molecule has 0 aliphatic rings. The van der Waals surface area contributed by atoms with Gasteiger partial charge in [0.05, 0.1) is 5.52 Å². The van der Waals surface area contributed by atoms with Crippen LogP contribution in [0.1, 0.15) is 5.56 Å². The fourth-order valence-corrected chi connectivity index (χ4v) is 1.86. The molecule has 0 atom stereocenters. The van der Waals surface area contributed by atoms with E-state index >= 15 is 0 Å². The summed E-state index contributed by atoms with van der Waals surface area (Å²) in [5.41, 5.74) is 7.44. The summed E-state index contributed by atoms with van der Waals surface area (Å²) >= 11 is 5.96. The maximum Gasteiger partial charge on any atom is 0.116 e. The highest BCUT2D eigenvalue weighted by atomic mass is 35.5. The summed E-state index contributed by atoms with van der Waals surface area (Å²) in [7, 11) is 0. The fourth-order valence-electron chi connectivity index (χ4n) is 1.60. The summed E-state index contributed by atoms with van der Waals surface area (Å²) in [4.78, 5) is 0. The largest absolute Gasteiger partial charge is 0.508 e. The highest BCUT2D eigenvalue weighted by Gasteiger charge is 2.07. The molecule has 0 unspecified atom stereocenters. The van der Waals surface area contributed by atoms with Gasteiger partial charge in [0.1, 0.15) is 5.75 Å². The van der Waals surface area contributed by atoms with Crippen molar-refractivity contribution in [2.75, 3.05) is 6.54 Å². The van der Waals surface area contributed by atoms with Crippen molar-refractivity contribution in [3.8, 4) is 5.75 Å². The van der Waals surface area contributed by atoms with Crippen molar-refractivity contribution in [1.82, 2.24) is 4.09 Å². The molecule has 1 heterocycles. The van der Waals surface area contributed by atoms with Gasteiger partial charge < -0.3 is 10.8 Å². The maximum atomic E-state index is 9.35. The monoisotopic (exact) mass is 210 g/mol. The highest BCUT2D eigenvalue weighted by molar-refractivity contribution is 6.19. The van der Waals surface area contributed by atoms with Gasteiger partial charge in [0, 0.05) is 23.4 Å². The van der Waals surface area contributed by atoms with Crippen LogP contribution in [0.15, 0.2) is 24.4 Å². The van der Waals surface area contributed by atoms with Crippen LogP contribution in [-0.4, -0.2) is 15.7 Å². The predicted molar refractivity (Wildman–Crippen MR) is 57.6 cm³/mol. The number of fused-ring (bicyclic) bond motifs is 1. The molecule has 0 radical (unpaired) electrons. The number of nitrogens with zero attached hydrogens (tertiary/aromatic N) is 1. The summed E-state index contributed by atoms with van der Waals surface area (Å²) in [6, 6.07) is 5.12. The van der Waals surface area contributed by atoms with Gasteiger partial charge in [0.2, 0.25) is 0 Å². The minimum Gasteiger partial charge on any atom is -0.508 e. The molecule has 4 heteroatoms. The van der Waals surface area contributed by atoms with Crippen molar-refractivity contribution in [3.05, 3.63) is 30.0 Å². The van der Waals surface area contributed by atoms with E-state index in [1.54, 1.807) is 18.2 Å². The quantitative estimate of drug-likeness (QED) is 0.795. The lowest BCUT2D eigenvalue weighted by Crippen LogP contribution is -2.01. The first-order valence-electron chi connectivity index (χ1n) is 4.41. The molecular weight excluding hydrogens is 200 g/mol. The maximum absolute atomic E-state index is 9.35. The Morgan fingerprint density at radius 2 is 2.21 bits per heavy atom. The van der Waals surface area contributed by atoms with E-state index in [-0.39, 0.29) is 5.75 Å². The van der Waals surface area contributed by atoms with Crippen LogP contribution in [0.3, 0.4) is 0 Å². The Kier molecular flexibility index (Phi) is 2.35. The Morgan fingerprint density at radius 3 is 2.93 bits per heavy atom. The van der Waals surface area contributed by atoms with E-state index in [0.29, 0.717) is 6.54 Å². The minimum atomic E-state index is 0.249. The zero-order chi connectivity index (χ0) is 10.1. The Labute approximate surface area is 86.8 Å². The molecule has 1 aromatic carbocycles. The van der Waals surface area contributed by atoms with E-state index in [9.17, 15) is 5.11 Å². The first kappa shape index (κ1) is 9.37. The van der Waals surface area contributed by atoms with Crippen molar-refractivity contribution >= 4 is 22.7 Å². The number of aromatic hydroxyl groups is 1. The van der Waals surface area contributed by atoms with E-state index in [1.165, 1.54) is 4.09 Å². The van der Waals surface area contributed by atoms with Gasteiger partial charge in [-0.2, -0.15) is 0 Å². The van der Waals surface area contributed by atoms with Crippen LogP contribution in [0.5, 0.6) is 5.75 Å². The first-order chi connectivity index (χ1) is 6.72. The lowest BCUT2D eigenvalue weighted by atomic mass is 10.1. The summed E-state index contributed by atoms with van der Waals surface area (Å²) in [5.74, 6) is 0.249. The molecule has 3 nitrogen and oxygen atoms in total. The standard InChI is InChI=1S/C10H11ClN2O/c11-13-6-7(3-4-12)9-5-8(14)1-2-10(9)13/h1-2,5-6,14H,3-4,12H2. The Morgan fingerprint density at radius 1 is 1.43 bits per heavy atom. The van der Waals surface area contributed by atoms with Gasteiger partial charge in [-0.15, -0.1) is 0 Å². The summed E-state index contributed by atoms with van der Waals surface area (Å²) < 4.78 is 1.53. The summed E-state index contributed by atoms with van der Waals surface area (Å²) in [5, 5.41) is 10.3. The fraction of sp³-hybridized carbons (Fsp3) is 0.200. The molecule has 0 saturated carbocycles. The van der Waals surface area contributed by atoms with Gasteiger partial charge in [-0.3, -0.25) is 4.09 Å². The number of benzene rings is 1. The number of phenolic OH excluding ortho intramolecular Hbond substituents is 1. The number of phenols is 1. The second kappa shape index (κ2) is 3.52. The van der Waals surface area contributed by atoms with Crippen LogP contribution in [0, 0.1) is 0 Å². The molecule has 0 saturated heterocycles. The molecule has 0 aliphatic heterocycles. The van der Waals surface area contributed by atoms with Crippen LogP contribution in [0.4, 0.5) is 0 Å². The molecule has 0 amide bonds. The third-order valence-electron chi connectivity index (χ3n) is 2.24. The third-order valence-corrected chi connectivity index (χ3v) is 2.52. The van der Waals surface area contributed by atoms with Crippen LogP contribution in [-0.2, 0) is 6.42 Å². The van der Waals surface area contributed by atoms with E-state index in [4.69, 9.17) is 17.5 Å². The lowest BCUT2D eigenvalue weighted by molar-refractivity contribution is 0.476. The molecule has 0 bridgehead atoms. The third kappa shape index (κ3) is 1.45. The van der Waals surface area contributed by atoms with E-state index < -0.39 is 0 Å². The van der Waals surface area contributed by atoms with Gasteiger partial charge in [0.25, 0.3) is 0 Å². The van der Waals surface area contributed by atoms with Crippen molar-refractivity contribution in [2.24, 2.45) is 5.73 Å². The van der Waals surface area contributed by atoms with Gasteiger partial charge in [-0.25, -0.2) is 0 Å². The van der Waals surface area contributed by atoms with Gasteiger partial charge in [-0.05, 0) is 36.7 Å². The second-order valence-electron chi connectivity index (χ2n) is 3.21. The van der Waals surface area contributed by atoms with E-state index in [0.717, 1.165) is 22.9 Å². The molecule has 2 aromatic rings. The Hall–Kier alpha value is -1.19. The molecule has 0 aliphatic carbocycles. The Bertz CT molecular complexity index is 464. The zero-order valence-corrected chi connectivity index (χ0v) is 8.33. The number of aromatic nitrogens is 1. The van der Waals surface area contributed by atoms with Crippen LogP contribution < -0.4 is 5.73 Å². The first-order valence-corrected chi connectivity index (χ1v) is 4.75. The van der Waals surface area contributed by atoms with Crippen molar-refractivity contribution in [3.63, 3.8) is 0 Å². The number of hydrogen-bond acceptors (Lipinski definition) is 2. The summed E-state index contributed by atoms with van der Waals surface area (Å²) in [6.45, 7) is 0.575. The molecule has 0 spiro atoms. The number of hydrogen-bond donors (Lipinski definition) is 2.